The Morgan fingerprint density at radius 2 is 1.79 bits per heavy atom. The fourth-order valence-electron chi connectivity index (χ4n) is 4.05. The van der Waals surface area contributed by atoms with Crippen LogP contribution in [0.4, 0.5) is 13.2 Å². The van der Waals surface area contributed by atoms with Crippen molar-refractivity contribution in [2.75, 3.05) is 13.7 Å². The molecule has 2 N–H and O–H groups in total. The lowest BCUT2D eigenvalue weighted by molar-refractivity contribution is -0.156. The maximum atomic E-state index is 12.7. The zero-order valence-corrected chi connectivity index (χ0v) is 18.3. The standard InChI is InChI=1S/C23H23F3N4O4/c1-33-13-22(21(31)32)8-6-16(7-9-22)34-19-5-3-14(10-28-19)17-4-2-15(11-27-17)20-29-12-18(30-20)23(24,25)26/h2-5,10-12,16H,6-9,13H2,1H3,(H,29,30)(H,31,32). The molecule has 0 unspecified atom stereocenters. The summed E-state index contributed by atoms with van der Waals surface area (Å²) in [6.45, 7) is 0.178. The fraction of sp³-hybridized carbons (Fsp3) is 0.391. The van der Waals surface area contributed by atoms with Crippen molar-refractivity contribution in [1.82, 2.24) is 19.9 Å². The minimum absolute atomic E-state index is 0.0816. The second-order valence-electron chi connectivity index (χ2n) is 8.30. The van der Waals surface area contributed by atoms with Gasteiger partial charge in [-0.3, -0.25) is 9.78 Å². The molecule has 3 heterocycles. The number of ether oxygens (including phenoxy) is 2. The third-order valence-corrected chi connectivity index (χ3v) is 6.00. The average molecular weight is 476 g/mol. The minimum Gasteiger partial charge on any atom is -0.481 e. The van der Waals surface area contributed by atoms with Crippen LogP contribution in [0.25, 0.3) is 22.6 Å². The second-order valence-corrected chi connectivity index (χ2v) is 8.30. The molecule has 3 aromatic rings. The van der Waals surface area contributed by atoms with Crippen molar-refractivity contribution in [3.05, 3.63) is 48.5 Å². The number of aromatic nitrogens is 4. The highest BCUT2D eigenvalue weighted by atomic mass is 19.4. The van der Waals surface area contributed by atoms with Gasteiger partial charge in [0.1, 0.15) is 17.6 Å². The van der Waals surface area contributed by atoms with Gasteiger partial charge in [0.15, 0.2) is 0 Å². The predicted octanol–water partition coefficient (Wildman–Crippen LogP) is 4.59. The Kier molecular flexibility index (Phi) is 6.56. The third-order valence-electron chi connectivity index (χ3n) is 6.00. The quantitative estimate of drug-likeness (QED) is 0.513. The number of carboxylic acids is 1. The molecule has 0 bridgehead atoms. The van der Waals surface area contributed by atoms with E-state index in [-0.39, 0.29) is 18.5 Å². The average Bonchev–Trinajstić information content (AvgIpc) is 3.32. The molecule has 0 aromatic carbocycles. The number of pyridine rings is 2. The van der Waals surface area contributed by atoms with Crippen molar-refractivity contribution in [2.45, 2.75) is 38.0 Å². The highest BCUT2D eigenvalue weighted by molar-refractivity contribution is 5.75. The number of methoxy groups -OCH3 is 1. The van der Waals surface area contributed by atoms with Gasteiger partial charge >= 0.3 is 12.1 Å². The number of rotatable bonds is 7. The summed E-state index contributed by atoms with van der Waals surface area (Å²) in [5.41, 5.74) is -0.0582. The van der Waals surface area contributed by atoms with Gasteiger partial charge in [-0.1, -0.05) is 0 Å². The van der Waals surface area contributed by atoms with Crippen LogP contribution in [0, 0.1) is 5.41 Å². The highest BCUT2D eigenvalue weighted by Crippen LogP contribution is 2.38. The first-order chi connectivity index (χ1) is 16.2. The number of aliphatic carboxylic acids is 1. The molecule has 8 nitrogen and oxygen atoms in total. The zero-order valence-electron chi connectivity index (χ0n) is 18.3. The molecule has 4 rings (SSSR count). The molecule has 1 aliphatic carbocycles. The Morgan fingerprint density at radius 3 is 2.32 bits per heavy atom. The molecule has 3 aromatic heterocycles. The van der Waals surface area contributed by atoms with Gasteiger partial charge in [-0.2, -0.15) is 13.2 Å². The molecule has 1 aliphatic rings. The van der Waals surface area contributed by atoms with E-state index < -0.39 is 23.3 Å². The van der Waals surface area contributed by atoms with Crippen LogP contribution in [0.3, 0.4) is 0 Å². The molecule has 34 heavy (non-hydrogen) atoms. The first kappa shape index (κ1) is 23.7. The van der Waals surface area contributed by atoms with Crippen LogP contribution in [-0.4, -0.2) is 50.8 Å². The van der Waals surface area contributed by atoms with Gasteiger partial charge in [0.25, 0.3) is 0 Å². The van der Waals surface area contributed by atoms with Gasteiger partial charge in [-0.25, -0.2) is 9.97 Å². The monoisotopic (exact) mass is 476 g/mol. The van der Waals surface area contributed by atoms with Crippen molar-refractivity contribution in [1.29, 1.82) is 0 Å². The fourth-order valence-corrected chi connectivity index (χ4v) is 4.05. The van der Waals surface area contributed by atoms with E-state index in [0.717, 1.165) is 6.20 Å². The van der Waals surface area contributed by atoms with E-state index in [2.05, 4.69) is 19.9 Å². The van der Waals surface area contributed by atoms with Gasteiger partial charge in [0, 0.05) is 36.7 Å². The van der Waals surface area contributed by atoms with Gasteiger partial charge in [-0.15, -0.1) is 0 Å². The summed E-state index contributed by atoms with van der Waals surface area (Å²) < 4.78 is 49.3. The van der Waals surface area contributed by atoms with E-state index in [0.29, 0.717) is 48.4 Å². The molecule has 0 amide bonds. The van der Waals surface area contributed by atoms with Crippen LogP contribution in [0.15, 0.2) is 42.9 Å². The topological polar surface area (TPSA) is 110 Å². The summed E-state index contributed by atoms with van der Waals surface area (Å²) in [5.74, 6) is -0.338. The normalized spacial score (nSPS) is 20.8. The summed E-state index contributed by atoms with van der Waals surface area (Å²) in [4.78, 5) is 26.3. The zero-order chi connectivity index (χ0) is 24.3. The first-order valence-corrected chi connectivity index (χ1v) is 10.6. The molecule has 1 saturated carbocycles. The molecule has 11 heteroatoms. The number of alkyl halides is 3. The van der Waals surface area contributed by atoms with Crippen molar-refractivity contribution < 1.29 is 32.5 Å². The Hall–Kier alpha value is -3.47. The summed E-state index contributed by atoms with van der Waals surface area (Å²) >= 11 is 0. The molecule has 0 radical (unpaired) electrons. The Morgan fingerprint density at radius 1 is 1.09 bits per heavy atom. The van der Waals surface area contributed by atoms with E-state index >= 15 is 0 Å². The number of halogens is 3. The Bertz CT molecular complexity index is 1120. The largest absolute Gasteiger partial charge is 0.481 e. The highest BCUT2D eigenvalue weighted by Gasteiger charge is 2.42. The van der Waals surface area contributed by atoms with Crippen molar-refractivity contribution in [3.63, 3.8) is 0 Å². The van der Waals surface area contributed by atoms with Crippen molar-refractivity contribution in [2.24, 2.45) is 5.41 Å². The van der Waals surface area contributed by atoms with Crippen molar-refractivity contribution >= 4 is 5.97 Å². The molecule has 1 fully saturated rings. The molecule has 0 atom stereocenters. The number of nitrogens with one attached hydrogen (secondary N) is 1. The molecule has 0 saturated heterocycles. The summed E-state index contributed by atoms with van der Waals surface area (Å²) in [5, 5.41) is 9.56. The molecular weight excluding hydrogens is 453 g/mol. The van der Waals surface area contributed by atoms with E-state index in [1.54, 1.807) is 30.5 Å². The van der Waals surface area contributed by atoms with E-state index in [9.17, 15) is 23.1 Å². The molecule has 0 aliphatic heterocycles. The van der Waals surface area contributed by atoms with Crippen LogP contribution in [0.2, 0.25) is 0 Å². The number of aromatic amines is 1. The van der Waals surface area contributed by atoms with Gasteiger partial charge in [0.2, 0.25) is 5.88 Å². The number of hydrogen-bond donors (Lipinski definition) is 2. The number of carboxylic acid groups (broad SMARTS) is 1. The van der Waals surface area contributed by atoms with E-state index in [4.69, 9.17) is 9.47 Å². The van der Waals surface area contributed by atoms with Crippen LogP contribution >= 0.6 is 0 Å². The number of nitrogens with zero attached hydrogens (tertiary/aromatic N) is 3. The number of H-pyrrole nitrogens is 1. The third kappa shape index (κ3) is 5.04. The van der Waals surface area contributed by atoms with Gasteiger partial charge in [-0.05, 0) is 43.9 Å². The van der Waals surface area contributed by atoms with Crippen LogP contribution in [-0.2, 0) is 15.7 Å². The maximum Gasteiger partial charge on any atom is 0.432 e. The smallest absolute Gasteiger partial charge is 0.432 e. The number of hydrogen-bond acceptors (Lipinski definition) is 6. The number of imidazole rings is 1. The Balaban J connectivity index is 1.38. The van der Waals surface area contributed by atoms with Crippen LogP contribution < -0.4 is 4.74 Å². The lowest BCUT2D eigenvalue weighted by Gasteiger charge is -2.36. The summed E-state index contributed by atoms with van der Waals surface area (Å²) in [7, 11) is 1.50. The summed E-state index contributed by atoms with van der Waals surface area (Å²) in [6, 6.07) is 6.79. The second kappa shape index (κ2) is 9.41. The Labute approximate surface area is 193 Å². The van der Waals surface area contributed by atoms with Crippen LogP contribution in [0.5, 0.6) is 5.88 Å². The van der Waals surface area contributed by atoms with Gasteiger partial charge < -0.3 is 19.6 Å². The summed E-state index contributed by atoms with van der Waals surface area (Å²) in [6.07, 6.45) is 1.28. The van der Waals surface area contributed by atoms with E-state index in [1.807, 2.05) is 0 Å². The lowest BCUT2D eigenvalue weighted by atomic mass is 9.73. The maximum absolute atomic E-state index is 12.7. The minimum atomic E-state index is -4.49. The van der Waals surface area contributed by atoms with E-state index in [1.165, 1.54) is 13.3 Å². The predicted molar refractivity (Wildman–Crippen MR) is 115 cm³/mol. The molecule has 180 valence electrons. The molecular formula is C23H23F3N4O4. The van der Waals surface area contributed by atoms with Crippen molar-refractivity contribution in [3.8, 4) is 28.5 Å². The first-order valence-electron chi connectivity index (χ1n) is 10.6. The van der Waals surface area contributed by atoms with Gasteiger partial charge in [0.05, 0.1) is 23.9 Å². The van der Waals surface area contributed by atoms with Crippen LogP contribution in [0.1, 0.15) is 31.4 Å². The lowest BCUT2D eigenvalue weighted by Crippen LogP contribution is -2.41. The number of carbonyl (C=O) groups is 1. The molecule has 0 spiro atoms. The SMILES string of the molecule is COCC1(C(=O)O)CCC(Oc2ccc(-c3ccc(-c4ncc(C(F)(F)F)[nH]4)cn3)cn2)CC1.